The Hall–Kier alpha value is -2.90. The summed E-state index contributed by atoms with van der Waals surface area (Å²) in [4.78, 5) is 44.5. The number of fused-ring (bicyclic) bond motifs is 1. The molecule has 0 unspecified atom stereocenters. The second-order valence-electron chi connectivity index (χ2n) is 8.04. The van der Waals surface area contributed by atoms with E-state index in [9.17, 15) is 14.4 Å². The first-order chi connectivity index (χ1) is 15.6. The lowest BCUT2D eigenvalue weighted by molar-refractivity contribution is -0.137. The van der Waals surface area contributed by atoms with Crippen LogP contribution in [0.2, 0.25) is 10.0 Å². The van der Waals surface area contributed by atoms with Crippen LogP contribution >= 0.6 is 23.2 Å². The molecule has 0 aliphatic heterocycles. The molecule has 0 saturated carbocycles. The molecular formula is C24H26Cl2N4O3. The van der Waals surface area contributed by atoms with Crippen molar-refractivity contribution in [3.63, 3.8) is 0 Å². The van der Waals surface area contributed by atoms with E-state index in [2.05, 4.69) is 10.3 Å². The summed E-state index contributed by atoms with van der Waals surface area (Å²) in [6, 6.07) is 8.44. The largest absolute Gasteiger partial charge is 0.329 e. The highest BCUT2D eigenvalue weighted by molar-refractivity contribution is 6.38. The van der Waals surface area contributed by atoms with Crippen molar-refractivity contribution >= 4 is 51.6 Å². The van der Waals surface area contributed by atoms with Gasteiger partial charge in [0.15, 0.2) is 0 Å². The number of nitrogens with one attached hydrogen (secondary N) is 1. The predicted octanol–water partition coefficient (Wildman–Crippen LogP) is 4.59. The summed E-state index contributed by atoms with van der Waals surface area (Å²) in [6.45, 7) is 7.31. The molecule has 0 bridgehead atoms. The molecule has 0 fully saturated rings. The molecule has 3 rings (SSSR count). The van der Waals surface area contributed by atoms with Gasteiger partial charge in [-0.1, -0.05) is 42.3 Å². The highest BCUT2D eigenvalue weighted by Gasteiger charge is 2.23. The summed E-state index contributed by atoms with van der Waals surface area (Å²) in [5.41, 5.74) is 2.63. The van der Waals surface area contributed by atoms with Gasteiger partial charge in [0, 0.05) is 16.8 Å². The molecule has 33 heavy (non-hydrogen) atoms. The van der Waals surface area contributed by atoms with Gasteiger partial charge in [0.1, 0.15) is 13.1 Å². The second-order valence-corrected chi connectivity index (χ2v) is 8.88. The molecule has 3 aromatic rings. The molecule has 2 aromatic carbocycles. The highest BCUT2D eigenvalue weighted by Crippen LogP contribution is 2.24. The van der Waals surface area contributed by atoms with Crippen LogP contribution in [-0.4, -0.2) is 38.9 Å². The zero-order valence-electron chi connectivity index (χ0n) is 19.0. The van der Waals surface area contributed by atoms with E-state index in [4.69, 9.17) is 23.2 Å². The summed E-state index contributed by atoms with van der Waals surface area (Å²) < 4.78 is 1.20. The normalized spacial score (nSPS) is 11.9. The molecule has 1 N–H and O–H groups in total. The summed E-state index contributed by atoms with van der Waals surface area (Å²) in [5, 5.41) is 3.68. The van der Waals surface area contributed by atoms with Gasteiger partial charge in [-0.05, 0) is 56.5 Å². The van der Waals surface area contributed by atoms with E-state index < -0.39 is 5.56 Å². The minimum absolute atomic E-state index is 0.130. The molecule has 1 heterocycles. The van der Waals surface area contributed by atoms with Gasteiger partial charge in [0.25, 0.3) is 5.56 Å². The third-order valence-corrected chi connectivity index (χ3v) is 6.29. The molecule has 2 amide bonds. The Bertz CT molecular complexity index is 1270. The number of carbonyl (C=O) groups is 2. The average Bonchev–Trinajstić information content (AvgIpc) is 2.77. The van der Waals surface area contributed by atoms with Gasteiger partial charge in [0.2, 0.25) is 11.8 Å². The first-order valence-electron chi connectivity index (χ1n) is 10.6. The van der Waals surface area contributed by atoms with Gasteiger partial charge < -0.3 is 10.2 Å². The zero-order chi connectivity index (χ0) is 24.3. The summed E-state index contributed by atoms with van der Waals surface area (Å²) >= 11 is 12.2. The number of carbonyl (C=O) groups excluding carboxylic acids is 2. The SMILES string of the molecule is CC[C@@H](C)N(CC(=O)Nc1cccc(C)c1C)C(=O)Cn1cnc2c(Cl)cc(Cl)cc2c1=O. The molecule has 0 radical (unpaired) electrons. The van der Waals surface area contributed by atoms with Gasteiger partial charge in [0.05, 0.1) is 22.3 Å². The third kappa shape index (κ3) is 5.54. The Morgan fingerprint density at radius 2 is 1.94 bits per heavy atom. The Labute approximate surface area is 202 Å². The van der Waals surface area contributed by atoms with E-state index in [0.29, 0.717) is 22.6 Å². The average molecular weight is 489 g/mol. The number of amides is 2. The van der Waals surface area contributed by atoms with Crippen molar-refractivity contribution in [1.29, 1.82) is 0 Å². The van der Waals surface area contributed by atoms with Crippen molar-refractivity contribution in [2.75, 3.05) is 11.9 Å². The van der Waals surface area contributed by atoms with E-state index >= 15 is 0 Å². The van der Waals surface area contributed by atoms with Crippen LogP contribution in [0.5, 0.6) is 0 Å². The molecule has 9 heteroatoms. The fraction of sp³-hybridized carbons (Fsp3) is 0.333. The molecule has 0 aliphatic carbocycles. The number of rotatable bonds is 7. The van der Waals surface area contributed by atoms with Crippen LogP contribution in [0.3, 0.4) is 0 Å². The van der Waals surface area contributed by atoms with Crippen molar-refractivity contribution in [2.24, 2.45) is 0 Å². The highest BCUT2D eigenvalue weighted by atomic mass is 35.5. The first kappa shape index (κ1) is 24.7. The molecular weight excluding hydrogens is 463 g/mol. The number of nitrogens with zero attached hydrogens (tertiary/aromatic N) is 3. The topological polar surface area (TPSA) is 84.3 Å². The van der Waals surface area contributed by atoms with E-state index in [1.807, 2.05) is 45.9 Å². The van der Waals surface area contributed by atoms with Crippen LogP contribution < -0.4 is 10.9 Å². The fourth-order valence-electron chi connectivity index (χ4n) is 3.49. The first-order valence-corrected chi connectivity index (χ1v) is 11.4. The van der Waals surface area contributed by atoms with Crippen molar-refractivity contribution in [2.45, 2.75) is 46.7 Å². The molecule has 0 saturated heterocycles. The number of aromatic nitrogens is 2. The van der Waals surface area contributed by atoms with Crippen LogP contribution in [0, 0.1) is 13.8 Å². The van der Waals surface area contributed by atoms with Crippen LogP contribution in [0.1, 0.15) is 31.4 Å². The van der Waals surface area contributed by atoms with Gasteiger partial charge in [-0.3, -0.25) is 19.0 Å². The van der Waals surface area contributed by atoms with Gasteiger partial charge >= 0.3 is 0 Å². The number of hydrogen-bond acceptors (Lipinski definition) is 4. The Morgan fingerprint density at radius 3 is 2.64 bits per heavy atom. The number of anilines is 1. The lowest BCUT2D eigenvalue weighted by atomic mass is 10.1. The van der Waals surface area contributed by atoms with Crippen LogP contribution in [-0.2, 0) is 16.1 Å². The van der Waals surface area contributed by atoms with Crippen LogP contribution in [0.4, 0.5) is 5.69 Å². The van der Waals surface area contributed by atoms with Crippen molar-refractivity contribution in [3.05, 3.63) is 68.2 Å². The Kier molecular flexibility index (Phi) is 7.76. The predicted molar refractivity (Wildman–Crippen MR) is 132 cm³/mol. The number of aryl methyl sites for hydroxylation is 1. The standard InChI is InChI=1S/C24H26Cl2N4O3/c1-5-15(3)30(11-21(31)28-20-8-6-7-14(2)16(20)4)22(32)12-29-13-27-23-18(24(29)33)9-17(25)10-19(23)26/h6-10,13,15H,5,11-12H2,1-4H3,(H,28,31)/t15-/m1/s1. The van der Waals surface area contributed by atoms with Gasteiger partial charge in [-0.2, -0.15) is 0 Å². The maximum atomic E-state index is 13.2. The molecule has 0 spiro atoms. The van der Waals surface area contributed by atoms with E-state index in [0.717, 1.165) is 11.1 Å². The van der Waals surface area contributed by atoms with E-state index in [-0.39, 0.29) is 41.4 Å². The number of hydrogen-bond donors (Lipinski definition) is 1. The minimum atomic E-state index is -0.429. The lowest BCUT2D eigenvalue weighted by Gasteiger charge is -2.28. The van der Waals surface area contributed by atoms with Gasteiger partial charge in [-0.25, -0.2) is 4.98 Å². The third-order valence-electron chi connectivity index (χ3n) is 5.79. The summed E-state index contributed by atoms with van der Waals surface area (Å²) in [5.74, 6) is -0.670. The molecule has 7 nitrogen and oxygen atoms in total. The van der Waals surface area contributed by atoms with Crippen molar-refractivity contribution in [1.82, 2.24) is 14.5 Å². The molecule has 0 aliphatic rings. The minimum Gasteiger partial charge on any atom is -0.329 e. The molecule has 1 atom stereocenters. The quantitative estimate of drug-likeness (QED) is 0.527. The second kappa shape index (κ2) is 10.4. The summed E-state index contributed by atoms with van der Waals surface area (Å²) in [6.07, 6.45) is 1.94. The van der Waals surface area contributed by atoms with Crippen LogP contribution in [0.25, 0.3) is 10.9 Å². The molecule has 1 aromatic heterocycles. The van der Waals surface area contributed by atoms with E-state index in [1.54, 1.807) is 0 Å². The smallest absolute Gasteiger partial charge is 0.261 e. The van der Waals surface area contributed by atoms with Crippen molar-refractivity contribution < 1.29 is 9.59 Å². The Morgan fingerprint density at radius 1 is 1.21 bits per heavy atom. The van der Waals surface area contributed by atoms with Crippen molar-refractivity contribution in [3.8, 4) is 0 Å². The lowest BCUT2D eigenvalue weighted by Crippen LogP contribution is -2.45. The number of benzene rings is 2. The summed E-state index contributed by atoms with van der Waals surface area (Å²) in [7, 11) is 0. The fourth-order valence-corrected chi connectivity index (χ4v) is 4.03. The Balaban J connectivity index is 1.82. The zero-order valence-corrected chi connectivity index (χ0v) is 20.5. The number of halogens is 2. The monoisotopic (exact) mass is 488 g/mol. The maximum Gasteiger partial charge on any atom is 0.261 e. The maximum absolute atomic E-state index is 13.2. The molecule has 174 valence electrons. The van der Waals surface area contributed by atoms with Crippen LogP contribution in [0.15, 0.2) is 41.5 Å². The van der Waals surface area contributed by atoms with E-state index in [1.165, 1.54) is 27.9 Å². The van der Waals surface area contributed by atoms with Gasteiger partial charge in [-0.15, -0.1) is 0 Å².